The van der Waals surface area contributed by atoms with Crippen LogP contribution < -0.4 is 5.73 Å². The molecule has 2 N–H and O–H groups in total. The molecule has 1 aromatic carbocycles. The molecule has 0 saturated heterocycles. The van der Waals surface area contributed by atoms with E-state index in [0.717, 1.165) is 25.5 Å². The number of pyridine rings is 1. The van der Waals surface area contributed by atoms with Gasteiger partial charge in [0.25, 0.3) is 0 Å². The number of nitrogens with two attached hydrogens (primary N) is 1. The second-order valence-electron chi connectivity index (χ2n) is 6.62. The Kier molecular flexibility index (Phi) is 7.21. The summed E-state index contributed by atoms with van der Waals surface area (Å²) in [6.45, 7) is 4.13. The Bertz CT molecular complexity index is 991. The molecule has 1 amide bonds. The maximum absolute atomic E-state index is 11.2. The molecular formula is C20H20BrClN4O2S. The lowest BCUT2D eigenvalue weighted by Crippen LogP contribution is -2.13. The molecule has 3 aromatic rings. The van der Waals surface area contributed by atoms with Crippen molar-refractivity contribution in [2.75, 3.05) is 0 Å². The van der Waals surface area contributed by atoms with Gasteiger partial charge in [0.2, 0.25) is 0 Å². The van der Waals surface area contributed by atoms with Gasteiger partial charge in [0.15, 0.2) is 0 Å². The number of aromatic nitrogens is 3. The zero-order chi connectivity index (χ0) is 21.0. The monoisotopic (exact) mass is 494 g/mol. The molecule has 0 spiro atoms. The molecule has 0 aliphatic heterocycles. The van der Waals surface area contributed by atoms with Crippen molar-refractivity contribution in [1.29, 1.82) is 0 Å². The van der Waals surface area contributed by atoms with Crippen molar-refractivity contribution in [1.82, 2.24) is 14.8 Å². The van der Waals surface area contributed by atoms with Gasteiger partial charge in [-0.3, -0.25) is 9.67 Å². The highest BCUT2D eigenvalue weighted by molar-refractivity contribution is 9.10. The van der Waals surface area contributed by atoms with Crippen LogP contribution in [0.25, 0.3) is 0 Å². The van der Waals surface area contributed by atoms with Gasteiger partial charge in [-0.25, -0.2) is 4.79 Å². The van der Waals surface area contributed by atoms with Crippen LogP contribution >= 0.6 is 39.3 Å². The van der Waals surface area contributed by atoms with Gasteiger partial charge in [-0.15, -0.1) is 0 Å². The molecule has 0 radical (unpaired) electrons. The molecule has 0 bridgehead atoms. The van der Waals surface area contributed by atoms with Crippen molar-refractivity contribution in [3.63, 3.8) is 0 Å². The predicted molar refractivity (Wildman–Crippen MR) is 117 cm³/mol. The minimum absolute atomic E-state index is 0.0161. The smallest absolute Gasteiger partial charge is 0.404 e. The summed E-state index contributed by atoms with van der Waals surface area (Å²) in [6, 6.07) is 9.77. The highest BCUT2D eigenvalue weighted by Gasteiger charge is 2.22. The second-order valence-corrected chi connectivity index (χ2v) is 9.03. The van der Waals surface area contributed by atoms with Crippen LogP contribution in [-0.2, 0) is 17.8 Å². The summed E-state index contributed by atoms with van der Waals surface area (Å²) in [5, 5.41) is 6.33. The molecule has 152 valence electrons. The van der Waals surface area contributed by atoms with E-state index in [2.05, 4.69) is 34.8 Å². The summed E-state index contributed by atoms with van der Waals surface area (Å²) in [7, 11) is 0. The van der Waals surface area contributed by atoms with Crippen molar-refractivity contribution < 1.29 is 9.53 Å². The van der Waals surface area contributed by atoms with E-state index < -0.39 is 6.09 Å². The number of amides is 1. The van der Waals surface area contributed by atoms with Crippen LogP contribution in [0.3, 0.4) is 0 Å². The van der Waals surface area contributed by atoms with Gasteiger partial charge in [-0.05, 0) is 49.7 Å². The Morgan fingerprint density at radius 2 is 2.03 bits per heavy atom. The lowest BCUT2D eigenvalue weighted by Gasteiger charge is -2.13. The minimum Gasteiger partial charge on any atom is -0.443 e. The quantitative estimate of drug-likeness (QED) is 0.460. The number of ether oxygens (including phenoxy) is 1. The maximum atomic E-state index is 11.2. The first-order valence-electron chi connectivity index (χ1n) is 8.89. The second kappa shape index (κ2) is 9.65. The third-order valence-corrected chi connectivity index (χ3v) is 5.84. The van der Waals surface area contributed by atoms with E-state index in [1.54, 1.807) is 24.2 Å². The number of carbonyl (C=O) groups excluding carboxylic acids is 1. The lowest BCUT2D eigenvalue weighted by atomic mass is 10.1. The summed E-state index contributed by atoms with van der Waals surface area (Å²) in [6.07, 6.45) is 3.30. The summed E-state index contributed by atoms with van der Waals surface area (Å²) >= 11 is 11.3. The largest absolute Gasteiger partial charge is 0.443 e. The Morgan fingerprint density at radius 1 is 1.31 bits per heavy atom. The van der Waals surface area contributed by atoms with Crippen LogP contribution in [0.5, 0.6) is 0 Å². The Hall–Kier alpha value is -2.03. The van der Waals surface area contributed by atoms with Crippen molar-refractivity contribution in [2.45, 2.75) is 42.8 Å². The fourth-order valence-electron chi connectivity index (χ4n) is 2.79. The Morgan fingerprint density at radius 3 is 2.66 bits per heavy atom. The number of rotatable bonds is 7. The summed E-state index contributed by atoms with van der Waals surface area (Å²) in [4.78, 5) is 16.2. The highest BCUT2D eigenvalue weighted by atomic mass is 79.9. The fraction of sp³-hybridized carbons (Fsp3) is 0.250. The number of nitrogens with zero attached hydrogens (tertiary/aromatic N) is 3. The number of primary amides is 1. The van der Waals surface area contributed by atoms with Crippen LogP contribution in [0.2, 0.25) is 5.02 Å². The zero-order valence-electron chi connectivity index (χ0n) is 15.9. The minimum atomic E-state index is -0.827. The number of hydrogen-bond acceptors (Lipinski definition) is 5. The van der Waals surface area contributed by atoms with Crippen LogP contribution in [0.4, 0.5) is 4.79 Å². The van der Waals surface area contributed by atoms with E-state index in [4.69, 9.17) is 27.2 Å². The van der Waals surface area contributed by atoms with E-state index in [9.17, 15) is 4.79 Å². The summed E-state index contributed by atoms with van der Waals surface area (Å²) in [5.41, 5.74) is 7.91. The molecule has 0 unspecified atom stereocenters. The van der Waals surface area contributed by atoms with Crippen molar-refractivity contribution >= 4 is 45.4 Å². The van der Waals surface area contributed by atoms with Gasteiger partial charge in [0, 0.05) is 44.8 Å². The first kappa shape index (κ1) is 21.7. The third-order valence-electron chi connectivity index (χ3n) is 4.06. The van der Waals surface area contributed by atoms with Crippen molar-refractivity contribution in [3.8, 4) is 0 Å². The Labute approximate surface area is 186 Å². The first-order chi connectivity index (χ1) is 13.8. The molecule has 0 aliphatic carbocycles. The third kappa shape index (κ3) is 5.74. The van der Waals surface area contributed by atoms with E-state index >= 15 is 0 Å². The summed E-state index contributed by atoms with van der Waals surface area (Å²) in [5.74, 6) is 0. The van der Waals surface area contributed by atoms with E-state index in [1.165, 1.54) is 0 Å². The number of carbonyl (C=O) groups is 1. The van der Waals surface area contributed by atoms with Crippen molar-refractivity contribution in [2.24, 2.45) is 5.73 Å². The van der Waals surface area contributed by atoms with Crippen LogP contribution in [0.15, 0.2) is 57.1 Å². The fourth-order valence-corrected chi connectivity index (χ4v) is 5.12. The number of benzene rings is 1. The molecule has 2 heterocycles. The van der Waals surface area contributed by atoms with Gasteiger partial charge < -0.3 is 10.5 Å². The summed E-state index contributed by atoms with van der Waals surface area (Å²) < 4.78 is 7.89. The molecule has 0 fully saturated rings. The van der Waals surface area contributed by atoms with Crippen molar-refractivity contribution in [3.05, 3.63) is 69.0 Å². The predicted octanol–water partition coefficient (Wildman–Crippen LogP) is 5.61. The highest BCUT2D eigenvalue weighted by Crippen LogP contribution is 2.37. The first-order valence-corrected chi connectivity index (χ1v) is 10.9. The Balaban J connectivity index is 2.08. The number of halogens is 2. The van der Waals surface area contributed by atoms with Crippen LogP contribution in [-0.4, -0.2) is 20.9 Å². The SMILES string of the molecule is CC(C)n1nc(COC(N)=O)c(Cc2ccncc2)c1Sc1cc(Cl)cc(Br)c1. The average Bonchev–Trinajstić information content (AvgIpc) is 2.97. The number of hydrogen-bond donors (Lipinski definition) is 1. The van der Waals surface area contributed by atoms with Gasteiger partial charge in [-0.2, -0.15) is 5.10 Å². The molecule has 6 nitrogen and oxygen atoms in total. The molecule has 29 heavy (non-hydrogen) atoms. The molecule has 0 saturated carbocycles. The normalized spacial score (nSPS) is 11.1. The van der Waals surface area contributed by atoms with E-state index in [0.29, 0.717) is 17.1 Å². The van der Waals surface area contributed by atoms with Gasteiger partial charge >= 0.3 is 6.09 Å². The van der Waals surface area contributed by atoms with E-state index in [-0.39, 0.29) is 12.6 Å². The topological polar surface area (TPSA) is 83.0 Å². The van der Waals surface area contributed by atoms with Crippen LogP contribution in [0, 0.1) is 0 Å². The molecule has 9 heteroatoms. The molecule has 3 rings (SSSR count). The average molecular weight is 496 g/mol. The van der Waals surface area contributed by atoms with Gasteiger partial charge in [0.05, 0.1) is 0 Å². The molecule has 2 aromatic heterocycles. The lowest BCUT2D eigenvalue weighted by molar-refractivity contribution is 0.148. The van der Waals surface area contributed by atoms with Crippen LogP contribution in [0.1, 0.15) is 36.7 Å². The molecule has 0 atom stereocenters. The maximum Gasteiger partial charge on any atom is 0.404 e. The zero-order valence-corrected chi connectivity index (χ0v) is 19.1. The standard InChI is InChI=1S/C20H20BrClN4O2S/c1-12(2)26-19(29-16-9-14(21)8-15(22)10-16)17(7-13-3-5-24-6-4-13)18(25-26)11-28-20(23)27/h3-6,8-10,12H,7,11H2,1-2H3,(H2,23,27). The van der Waals surface area contributed by atoms with Gasteiger partial charge in [0.1, 0.15) is 17.3 Å². The molecular weight excluding hydrogens is 476 g/mol. The molecule has 0 aliphatic rings. The van der Waals surface area contributed by atoms with E-state index in [1.807, 2.05) is 35.0 Å². The van der Waals surface area contributed by atoms with Gasteiger partial charge in [-0.1, -0.05) is 39.3 Å².